The Morgan fingerprint density at radius 3 is 2.29 bits per heavy atom. The monoisotopic (exact) mass is 326 g/mol. The minimum absolute atomic E-state index is 0.396. The number of carboxylic acids is 1. The number of aliphatic carboxylic acids is 1. The number of carboxylic acid groups (broad SMARTS) is 1. The van der Waals surface area contributed by atoms with Crippen LogP contribution >= 0.6 is 0 Å². The van der Waals surface area contributed by atoms with Gasteiger partial charge in [0, 0.05) is 12.6 Å². The minimum Gasteiger partial charge on any atom is -0.480 e. The largest absolute Gasteiger partial charge is 0.480 e. The highest BCUT2D eigenvalue weighted by molar-refractivity contribution is 5.90. The van der Waals surface area contributed by atoms with E-state index in [1.54, 1.807) is 42.5 Å². The van der Waals surface area contributed by atoms with Gasteiger partial charge in [-0.15, -0.1) is 0 Å². The first-order chi connectivity index (χ1) is 11.6. The Morgan fingerprint density at radius 2 is 1.71 bits per heavy atom. The average molecular weight is 326 g/mol. The van der Waals surface area contributed by atoms with Gasteiger partial charge in [0.05, 0.1) is 0 Å². The molecule has 2 aromatic rings. The quantitative estimate of drug-likeness (QED) is 0.355. The Kier molecular flexibility index (Phi) is 6.24. The normalized spacial score (nSPS) is 12.0. The molecule has 0 aliphatic rings. The maximum absolute atomic E-state index is 11.4. The van der Waals surface area contributed by atoms with Crippen LogP contribution in [0.3, 0.4) is 0 Å². The average Bonchev–Trinajstić information content (AvgIpc) is 2.61. The molecule has 24 heavy (non-hydrogen) atoms. The Bertz CT molecular complexity index is 712. The Balaban J connectivity index is 1.99. The lowest BCUT2D eigenvalue weighted by atomic mass is 10.1. The summed E-state index contributed by atoms with van der Waals surface area (Å²) < 4.78 is 0. The molecular formula is C18H18N2O4. The molecule has 0 saturated heterocycles. The van der Waals surface area contributed by atoms with E-state index in [9.17, 15) is 14.7 Å². The third kappa shape index (κ3) is 5.05. The topological polar surface area (TPSA) is 98.7 Å². The molecule has 0 aliphatic carbocycles. The van der Waals surface area contributed by atoms with E-state index in [4.69, 9.17) is 5.21 Å². The molecule has 0 aliphatic heterocycles. The molecule has 0 spiro atoms. The molecule has 0 radical (unpaired) electrons. The predicted octanol–water partition coefficient (Wildman–Crippen LogP) is 2.12. The summed E-state index contributed by atoms with van der Waals surface area (Å²) in [6.07, 6.45) is 2.77. The van der Waals surface area contributed by atoms with Crippen LogP contribution in [0.5, 0.6) is 0 Å². The lowest BCUT2D eigenvalue weighted by Crippen LogP contribution is -2.28. The summed E-state index contributed by atoms with van der Waals surface area (Å²) in [5, 5.41) is 20.8. The fraction of sp³-hybridized carbons (Fsp3) is 0.111. The van der Waals surface area contributed by atoms with Crippen molar-refractivity contribution in [3.8, 4) is 0 Å². The van der Waals surface area contributed by atoms with Gasteiger partial charge in [0.25, 0.3) is 5.91 Å². The van der Waals surface area contributed by atoms with Gasteiger partial charge in [-0.05, 0) is 22.8 Å². The molecule has 2 aromatic carbocycles. The van der Waals surface area contributed by atoms with Crippen molar-refractivity contribution in [1.82, 2.24) is 10.8 Å². The van der Waals surface area contributed by atoms with Crippen molar-refractivity contribution >= 4 is 18.0 Å². The van der Waals surface area contributed by atoms with Crippen molar-refractivity contribution in [2.45, 2.75) is 12.6 Å². The number of carbonyl (C=O) groups is 2. The zero-order valence-electron chi connectivity index (χ0n) is 12.8. The SMILES string of the molecule is O=C(C=Cc1ccc(CN[C@H](C(=O)O)c2ccccc2)cc1)NO. The van der Waals surface area contributed by atoms with Gasteiger partial charge in [-0.25, -0.2) is 5.48 Å². The molecule has 1 atom stereocenters. The van der Waals surface area contributed by atoms with Crippen molar-refractivity contribution in [1.29, 1.82) is 0 Å². The molecule has 0 heterocycles. The summed E-state index contributed by atoms with van der Waals surface area (Å²) in [6.45, 7) is 0.396. The molecule has 0 fully saturated rings. The van der Waals surface area contributed by atoms with Crippen LogP contribution in [0.4, 0.5) is 0 Å². The third-order valence-electron chi connectivity index (χ3n) is 3.41. The fourth-order valence-electron chi connectivity index (χ4n) is 2.17. The van der Waals surface area contributed by atoms with Crippen LogP contribution < -0.4 is 10.8 Å². The summed E-state index contributed by atoms with van der Waals surface area (Å²) in [5.41, 5.74) is 3.92. The number of hydrogen-bond acceptors (Lipinski definition) is 4. The van der Waals surface area contributed by atoms with Crippen LogP contribution in [0.15, 0.2) is 60.7 Å². The van der Waals surface area contributed by atoms with Crippen LogP contribution in [0.25, 0.3) is 6.08 Å². The number of rotatable bonds is 7. The summed E-state index contributed by atoms with van der Waals surface area (Å²) >= 11 is 0. The van der Waals surface area contributed by atoms with E-state index in [1.165, 1.54) is 11.6 Å². The number of hydrogen-bond donors (Lipinski definition) is 4. The molecule has 0 aromatic heterocycles. The van der Waals surface area contributed by atoms with Crippen molar-refractivity contribution in [3.63, 3.8) is 0 Å². The maximum atomic E-state index is 11.4. The van der Waals surface area contributed by atoms with Gasteiger partial charge in [-0.2, -0.15) is 0 Å². The van der Waals surface area contributed by atoms with Crippen molar-refractivity contribution in [3.05, 3.63) is 77.4 Å². The minimum atomic E-state index is -0.934. The van der Waals surface area contributed by atoms with E-state index < -0.39 is 17.9 Å². The first-order valence-electron chi connectivity index (χ1n) is 7.32. The Morgan fingerprint density at radius 1 is 1.04 bits per heavy atom. The number of amides is 1. The van der Waals surface area contributed by atoms with Gasteiger partial charge in [0.2, 0.25) is 0 Å². The van der Waals surface area contributed by atoms with Crippen molar-refractivity contribution in [2.75, 3.05) is 0 Å². The molecule has 124 valence electrons. The molecule has 0 bridgehead atoms. The van der Waals surface area contributed by atoms with Crippen molar-refractivity contribution < 1.29 is 19.9 Å². The van der Waals surface area contributed by atoms with E-state index in [0.29, 0.717) is 12.1 Å². The van der Waals surface area contributed by atoms with Crippen LogP contribution in [0, 0.1) is 0 Å². The Hall–Kier alpha value is -2.96. The van der Waals surface area contributed by atoms with Gasteiger partial charge in [0.1, 0.15) is 6.04 Å². The first kappa shape index (κ1) is 17.4. The molecular weight excluding hydrogens is 308 g/mol. The van der Waals surface area contributed by atoms with Crippen molar-refractivity contribution in [2.24, 2.45) is 0 Å². The smallest absolute Gasteiger partial charge is 0.325 e. The summed E-state index contributed by atoms with van der Waals surface area (Å²) in [7, 11) is 0. The second-order valence-corrected chi connectivity index (χ2v) is 5.11. The predicted molar refractivity (Wildman–Crippen MR) is 89.1 cm³/mol. The lowest BCUT2D eigenvalue weighted by Gasteiger charge is -2.15. The summed E-state index contributed by atoms with van der Waals surface area (Å²) in [4.78, 5) is 22.3. The number of nitrogens with one attached hydrogen (secondary N) is 2. The van der Waals surface area contributed by atoms with E-state index in [0.717, 1.165) is 11.1 Å². The maximum Gasteiger partial charge on any atom is 0.325 e. The van der Waals surface area contributed by atoms with Crippen LogP contribution in [-0.4, -0.2) is 22.2 Å². The highest BCUT2D eigenvalue weighted by atomic mass is 16.5. The second-order valence-electron chi connectivity index (χ2n) is 5.11. The van der Waals surface area contributed by atoms with Crippen LogP contribution in [-0.2, 0) is 16.1 Å². The van der Waals surface area contributed by atoms with E-state index in [-0.39, 0.29) is 0 Å². The summed E-state index contributed by atoms with van der Waals surface area (Å²) in [6, 6.07) is 15.5. The zero-order valence-corrected chi connectivity index (χ0v) is 12.8. The molecule has 4 N–H and O–H groups in total. The van der Waals surface area contributed by atoms with E-state index >= 15 is 0 Å². The van der Waals surface area contributed by atoms with E-state index in [1.807, 2.05) is 18.2 Å². The fourth-order valence-corrected chi connectivity index (χ4v) is 2.17. The van der Waals surface area contributed by atoms with Gasteiger partial charge in [-0.1, -0.05) is 54.6 Å². The van der Waals surface area contributed by atoms with Gasteiger partial charge in [-0.3, -0.25) is 20.1 Å². The summed E-state index contributed by atoms with van der Waals surface area (Å²) in [5.74, 6) is -1.54. The zero-order chi connectivity index (χ0) is 17.4. The van der Waals surface area contributed by atoms with Gasteiger partial charge >= 0.3 is 5.97 Å². The molecule has 2 rings (SSSR count). The number of carbonyl (C=O) groups excluding carboxylic acids is 1. The number of benzene rings is 2. The first-order valence-corrected chi connectivity index (χ1v) is 7.32. The second kappa shape index (κ2) is 8.61. The molecule has 6 nitrogen and oxygen atoms in total. The molecule has 6 heteroatoms. The highest BCUT2D eigenvalue weighted by Crippen LogP contribution is 2.14. The Labute approximate surface area is 139 Å². The molecule has 0 saturated carbocycles. The van der Waals surface area contributed by atoms with E-state index in [2.05, 4.69) is 5.32 Å². The standard InChI is InChI=1S/C18H18N2O4/c21-16(20-24)11-10-13-6-8-14(9-7-13)12-19-17(18(22)23)15-4-2-1-3-5-15/h1-11,17,19,24H,12H2,(H,20,21)(H,22,23)/t17-/m0/s1. The highest BCUT2D eigenvalue weighted by Gasteiger charge is 2.18. The third-order valence-corrected chi connectivity index (χ3v) is 3.41. The lowest BCUT2D eigenvalue weighted by molar-refractivity contribution is -0.139. The van der Waals surface area contributed by atoms with Gasteiger partial charge in [0.15, 0.2) is 0 Å². The van der Waals surface area contributed by atoms with Crippen LogP contribution in [0.1, 0.15) is 22.7 Å². The van der Waals surface area contributed by atoms with Crippen LogP contribution in [0.2, 0.25) is 0 Å². The molecule has 0 unspecified atom stereocenters. The van der Waals surface area contributed by atoms with Gasteiger partial charge < -0.3 is 5.11 Å². The molecule has 1 amide bonds. The number of hydroxylamine groups is 1.